The number of carbonyl (C=O) groups excluding carboxylic acids is 1. The summed E-state index contributed by atoms with van der Waals surface area (Å²) in [5.74, 6) is 1.51. The molecule has 1 aliphatic rings. The van der Waals surface area contributed by atoms with Gasteiger partial charge in [-0.2, -0.15) is 0 Å². The number of nitrogens with zero attached hydrogens (tertiary/aromatic N) is 3. The Morgan fingerprint density at radius 2 is 1.87 bits per heavy atom. The highest BCUT2D eigenvalue weighted by Gasteiger charge is 2.13. The Morgan fingerprint density at radius 3 is 2.61 bits per heavy atom. The second kappa shape index (κ2) is 7.59. The normalized spacial score (nSPS) is 14.7. The van der Waals surface area contributed by atoms with Gasteiger partial charge in [0.2, 0.25) is 0 Å². The van der Waals surface area contributed by atoms with E-state index in [-0.39, 0.29) is 5.78 Å². The first-order valence-corrected chi connectivity index (χ1v) is 9.00. The number of aryl methyl sites for hydroxylation is 1. The third-order valence-corrected chi connectivity index (χ3v) is 4.96. The molecule has 2 aromatic rings. The number of ketones is 1. The summed E-state index contributed by atoms with van der Waals surface area (Å²) in [6.45, 7) is 4.14. The summed E-state index contributed by atoms with van der Waals surface area (Å²) in [4.78, 5) is 23.2. The van der Waals surface area contributed by atoms with Crippen LogP contribution >= 0.6 is 11.8 Å². The molecule has 1 aromatic heterocycles. The lowest BCUT2D eigenvalue weighted by Gasteiger charge is -2.27. The number of benzene rings is 1. The molecule has 1 saturated heterocycles. The lowest BCUT2D eigenvalue weighted by Crippen LogP contribution is -2.30. The Balaban J connectivity index is 1.61. The number of piperidine rings is 1. The minimum Gasteiger partial charge on any atom is -0.356 e. The molecular weight excluding hydrogens is 306 g/mol. The molecule has 1 aromatic carbocycles. The van der Waals surface area contributed by atoms with Crippen LogP contribution in [-0.2, 0) is 0 Å². The van der Waals surface area contributed by atoms with Crippen LogP contribution in [0.2, 0.25) is 0 Å². The van der Waals surface area contributed by atoms with Crippen molar-refractivity contribution in [2.24, 2.45) is 0 Å². The van der Waals surface area contributed by atoms with Crippen LogP contribution in [0, 0.1) is 6.92 Å². The fourth-order valence-corrected chi connectivity index (χ4v) is 3.42. The van der Waals surface area contributed by atoms with E-state index < -0.39 is 0 Å². The molecule has 4 nitrogen and oxygen atoms in total. The van der Waals surface area contributed by atoms with Gasteiger partial charge in [-0.05, 0) is 26.2 Å². The molecule has 0 spiro atoms. The summed E-state index contributed by atoms with van der Waals surface area (Å²) in [5.41, 5.74) is 1.92. The molecule has 0 N–H and O–H groups in total. The maximum absolute atomic E-state index is 12.2. The molecule has 0 amide bonds. The van der Waals surface area contributed by atoms with E-state index in [1.165, 1.54) is 31.0 Å². The van der Waals surface area contributed by atoms with Crippen LogP contribution in [-0.4, -0.2) is 34.6 Å². The van der Waals surface area contributed by atoms with Gasteiger partial charge in [-0.1, -0.05) is 41.6 Å². The van der Waals surface area contributed by atoms with Crippen LogP contribution in [0.25, 0.3) is 0 Å². The number of carbonyl (C=O) groups is 1. The number of aromatic nitrogens is 2. The van der Waals surface area contributed by atoms with E-state index in [0.29, 0.717) is 5.75 Å². The molecule has 2 heterocycles. The first kappa shape index (κ1) is 16.0. The Bertz CT molecular complexity index is 666. The molecule has 0 unspecified atom stereocenters. The van der Waals surface area contributed by atoms with Crippen LogP contribution in [0.1, 0.15) is 35.2 Å². The minimum absolute atomic E-state index is 0.133. The van der Waals surface area contributed by atoms with Gasteiger partial charge in [-0.15, -0.1) is 0 Å². The van der Waals surface area contributed by atoms with Crippen LogP contribution in [0.4, 0.5) is 5.82 Å². The summed E-state index contributed by atoms with van der Waals surface area (Å²) >= 11 is 1.48. The summed E-state index contributed by atoms with van der Waals surface area (Å²) in [7, 11) is 0. The minimum atomic E-state index is 0.133. The van der Waals surface area contributed by atoms with Crippen molar-refractivity contribution >= 4 is 23.4 Å². The van der Waals surface area contributed by atoms with E-state index in [2.05, 4.69) is 14.9 Å². The second-order valence-corrected chi connectivity index (χ2v) is 6.84. The van der Waals surface area contributed by atoms with E-state index in [1.807, 2.05) is 37.3 Å². The highest BCUT2D eigenvalue weighted by molar-refractivity contribution is 7.99. The molecule has 0 bridgehead atoms. The largest absolute Gasteiger partial charge is 0.356 e. The van der Waals surface area contributed by atoms with E-state index in [0.717, 1.165) is 35.1 Å². The van der Waals surface area contributed by atoms with Crippen molar-refractivity contribution < 1.29 is 4.79 Å². The molecule has 23 heavy (non-hydrogen) atoms. The molecule has 0 aliphatic carbocycles. The van der Waals surface area contributed by atoms with Crippen molar-refractivity contribution in [3.05, 3.63) is 47.8 Å². The number of hydrogen-bond acceptors (Lipinski definition) is 5. The molecule has 0 atom stereocenters. The molecule has 120 valence electrons. The van der Waals surface area contributed by atoms with Crippen molar-refractivity contribution in [3.8, 4) is 0 Å². The van der Waals surface area contributed by atoms with Crippen molar-refractivity contribution in [2.45, 2.75) is 31.2 Å². The molecule has 1 aliphatic heterocycles. The van der Waals surface area contributed by atoms with Gasteiger partial charge in [0.15, 0.2) is 5.78 Å². The van der Waals surface area contributed by atoms with Gasteiger partial charge in [-0.25, -0.2) is 9.97 Å². The molecule has 0 saturated carbocycles. The summed E-state index contributed by atoms with van der Waals surface area (Å²) in [6.07, 6.45) is 5.34. The van der Waals surface area contributed by atoms with Gasteiger partial charge in [0.25, 0.3) is 0 Å². The van der Waals surface area contributed by atoms with E-state index in [4.69, 9.17) is 0 Å². The third kappa shape index (κ3) is 4.32. The van der Waals surface area contributed by atoms with Crippen LogP contribution in [0.3, 0.4) is 0 Å². The van der Waals surface area contributed by atoms with Crippen LogP contribution in [0.5, 0.6) is 0 Å². The Hall–Kier alpha value is -1.88. The number of hydrogen-bond donors (Lipinski definition) is 0. The van der Waals surface area contributed by atoms with Crippen molar-refractivity contribution in [1.29, 1.82) is 0 Å². The quantitative estimate of drug-likeness (QED) is 0.475. The van der Waals surface area contributed by atoms with E-state index in [1.54, 1.807) is 6.33 Å². The molecular formula is C18H21N3OS. The van der Waals surface area contributed by atoms with E-state index >= 15 is 0 Å². The average molecular weight is 327 g/mol. The predicted molar refractivity (Wildman–Crippen MR) is 94.3 cm³/mol. The van der Waals surface area contributed by atoms with Gasteiger partial charge in [0.1, 0.15) is 17.2 Å². The topological polar surface area (TPSA) is 46.1 Å². The molecule has 1 fully saturated rings. The number of rotatable bonds is 5. The second-order valence-electron chi connectivity index (χ2n) is 5.84. The van der Waals surface area contributed by atoms with Crippen molar-refractivity contribution in [2.75, 3.05) is 23.7 Å². The number of Topliss-reactive ketones (excluding diaryl/α,β-unsaturated/α-hetero) is 1. The lowest BCUT2D eigenvalue weighted by molar-refractivity contribution is 0.102. The molecule has 5 heteroatoms. The highest BCUT2D eigenvalue weighted by atomic mass is 32.2. The van der Waals surface area contributed by atoms with Crippen LogP contribution in [0.15, 0.2) is 41.7 Å². The fourth-order valence-electron chi connectivity index (χ4n) is 2.67. The predicted octanol–water partition coefficient (Wildman–Crippen LogP) is 3.75. The van der Waals surface area contributed by atoms with E-state index in [9.17, 15) is 4.79 Å². The standard InChI is InChI=1S/C18H21N3OS/c1-14-5-7-15(8-6-14)16(22)12-23-18-11-17(19-13-20-18)21-9-3-2-4-10-21/h5-8,11,13H,2-4,9-10,12H2,1H3. The molecule has 0 radical (unpaired) electrons. The Kier molecular flexibility index (Phi) is 5.28. The summed E-state index contributed by atoms with van der Waals surface area (Å²) < 4.78 is 0. The Morgan fingerprint density at radius 1 is 1.13 bits per heavy atom. The maximum Gasteiger partial charge on any atom is 0.173 e. The SMILES string of the molecule is Cc1ccc(C(=O)CSc2cc(N3CCCCC3)ncn2)cc1. The zero-order valence-corrected chi connectivity index (χ0v) is 14.2. The molecule has 3 rings (SSSR count). The first-order valence-electron chi connectivity index (χ1n) is 8.02. The zero-order valence-electron chi connectivity index (χ0n) is 13.4. The van der Waals surface area contributed by atoms with Gasteiger partial charge in [0.05, 0.1) is 5.75 Å². The van der Waals surface area contributed by atoms with Gasteiger partial charge in [0, 0.05) is 24.7 Å². The van der Waals surface area contributed by atoms with Crippen LogP contribution < -0.4 is 4.90 Å². The first-order chi connectivity index (χ1) is 11.2. The lowest BCUT2D eigenvalue weighted by atomic mass is 10.1. The number of thioether (sulfide) groups is 1. The maximum atomic E-state index is 12.2. The van der Waals surface area contributed by atoms with Gasteiger partial charge in [-0.3, -0.25) is 4.79 Å². The zero-order chi connectivity index (χ0) is 16.1. The van der Waals surface area contributed by atoms with Gasteiger partial charge < -0.3 is 4.90 Å². The summed E-state index contributed by atoms with van der Waals surface area (Å²) in [6, 6.07) is 9.71. The summed E-state index contributed by atoms with van der Waals surface area (Å²) in [5, 5.41) is 0.862. The van der Waals surface area contributed by atoms with Crippen molar-refractivity contribution in [1.82, 2.24) is 9.97 Å². The Labute approximate surface area is 141 Å². The van der Waals surface area contributed by atoms with Gasteiger partial charge >= 0.3 is 0 Å². The monoisotopic (exact) mass is 327 g/mol. The highest BCUT2D eigenvalue weighted by Crippen LogP contribution is 2.23. The average Bonchev–Trinajstić information content (AvgIpc) is 2.61. The fraction of sp³-hybridized carbons (Fsp3) is 0.389. The van der Waals surface area contributed by atoms with Crippen molar-refractivity contribution in [3.63, 3.8) is 0 Å². The smallest absolute Gasteiger partial charge is 0.173 e. The third-order valence-electron chi connectivity index (χ3n) is 4.03. The number of anilines is 1.